The topological polar surface area (TPSA) is 29.5 Å². The lowest BCUT2D eigenvalue weighted by Crippen LogP contribution is -2.21. The van der Waals surface area contributed by atoms with Crippen LogP contribution in [0.1, 0.15) is 31.9 Å². The van der Waals surface area contributed by atoms with E-state index in [-0.39, 0.29) is 6.10 Å². The number of fused-ring (bicyclic) bond motifs is 1. The number of ether oxygens (including phenoxy) is 1. The highest BCUT2D eigenvalue weighted by Crippen LogP contribution is 2.31. The van der Waals surface area contributed by atoms with Gasteiger partial charge in [0.1, 0.15) is 6.10 Å². The molecule has 1 aromatic carbocycles. The number of aliphatic hydroxyl groups excluding tert-OH is 1. The van der Waals surface area contributed by atoms with Crippen LogP contribution in [0.2, 0.25) is 0 Å². The van der Waals surface area contributed by atoms with Gasteiger partial charge in [-0.3, -0.25) is 0 Å². The van der Waals surface area contributed by atoms with Gasteiger partial charge >= 0.3 is 0 Å². The summed E-state index contributed by atoms with van der Waals surface area (Å²) in [7, 11) is 0. The van der Waals surface area contributed by atoms with Gasteiger partial charge in [0.2, 0.25) is 0 Å². The number of thiophene rings is 1. The van der Waals surface area contributed by atoms with Crippen LogP contribution < -0.4 is 0 Å². The minimum absolute atomic E-state index is 0.118. The van der Waals surface area contributed by atoms with Crippen LogP contribution in [0.15, 0.2) is 29.6 Å². The zero-order valence-electron chi connectivity index (χ0n) is 10.2. The van der Waals surface area contributed by atoms with E-state index in [1.54, 1.807) is 11.3 Å². The molecular weight excluding hydrogens is 232 g/mol. The Hall–Kier alpha value is -0.900. The first-order valence-electron chi connectivity index (χ1n) is 6.03. The Balaban J connectivity index is 2.34. The fourth-order valence-corrected chi connectivity index (χ4v) is 3.04. The minimum Gasteiger partial charge on any atom is -0.386 e. The molecule has 2 aromatic rings. The van der Waals surface area contributed by atoms with Gasteiger partial charge in [-0.25, -0.2) is 0 Å². The summed E-state index contributed by atoms with van der Waals surface area (Å²) in [4.78, 5) is 0. The van der Waals surface area contributed by atoms with Gasteiger partial charge in [-0.15, -0.1) is 11.3 Å². The van der Waals surface area contributed by atoms with Crippen LogP contribution in [0, 0.1) is 0 Å². The molecule has 0 saturated heterocycles. The molecule has 1 heterocycles. The molecule has 0 aliphatic heterocycles. The molecule has 17 heavy (non-hydrogen) atoms. The summed E-state index contributed by atoms with van der Waals surface area (Å²) < 4.78 is 6.75. The lowest BCUT2D eigenvalue weighted by molar-refractivity contribution is -0.0349. The third kappa shape index (κ3) is 2.51. The maximum Gasteiger partial charge on any atom is 0.106 e. The van der Waals surface area contributed by atoms with E-state index in [9.17, 15) is 5.11 Å². The predicted molar refractivity (Wildman–Crippen MR) is 72.5 cm³/mol. The Morgan fingerprint density at radius 2 is 2.12 bits per heavy atom. The van der Waals surface area contributed by atoms with Crippen LogP contribution >= 0.6 is 11.3 Å². The second-order valence-corrected chi connectivity index (χ2v) is 4.95. The third-order valence-corrected chi connectivity index (χ3v) is 3.94. The van der Waals surface area contributed by atoms with Crippen LogP contribution in [-0.2, 0) is 4.74 Å². The summed E-state index contributed by atoms with van der Waals surface area (Å²) in [6, 6.07) is 8.14. The summed E-state index contributed by atoms with van der Waals surface area (Å²) in [6.45, 7) is 4.63. The van der Waals surface area contributed by atoms with Crippen LogP contribution in [-0.4, -0.2) is 17.8 Å². The predicted octanol–water partition coefficient (Wildman–Crippen LogP) is 3.75. The van der Waals surface area contributed by atoms with Crippen molar-refractivity contribution in [3.8, 4) is 0 Å². The number of rotatable bonds is 5. The van der Waals surface area contributed by atoms with Crippen LogP contribution in [0.25, 0.3) is 10.1 Å². The van der Waals surface area contributed by atoms with Crippen molar-refractivity contribution in [1.82, 2.24) is 0 Å². The third-order valence-electron chi connectivity index (χ3n) is 2.96. The maximum absolute atomic E-state index is 10.4. The Labute approximate surface area is 106 Å². The van der Waals surface area contributed by atoms with Gasteiger partial charge in [0, 0.05) is 16.9 Å². The summed E-state index contributed by atoms with van der Waals surface area (Å²) in [6.07, 6.45) is 0.159. The Morgan fingerprint density at radius 1 is 1.29 bits per heavy atom. The largest absolute Gasteiger partial charge is 0.386 e. The highest BCUT2D eigenvalue weighted by atomic mass is 32.1. The number of benzene rings is 1. The van der Waals surface area contributed by atoms with Gasteiger partial charge in [0.15, 0.2) is 0 Å². The fraction of sp³-hybridized carbons (Fsp3) is 0.429. The lowest BCUT2D eigenvalue weighted by Gasteiger charge is -2.22. The maximum atomic E-state index is 10.4. The average Bonchev–Trinajstić information content (AvgIpc) is 2.83. The van der Waals surface area contributed by atoms with Crippen LogP contribution in [0.5, 0.6) is 0 Å². The minimum atomic E-state index is -0.540. The molecule has 2 nitrogen and oxygen atoms in total. The van der Waals surface area contributed by atoms with Crippen molar-refractivity contribution in [2.75, 3.05) is 6.61 Å². The van der Waals surface area contributed by atoms with Crippen molar-refractivity contribution in [2.24, 2.45) is 0 Å². The zero-order chi connectivity index (χ0) is 12.3. The van der Waals surface area contributed by atoms with Crippen molar-refractivity contribution in [3.63, 3.8) is 0 Å². The Kier molecular flexibility index (Phi) is 4.15. The van der Waals surface area contributed by atoms with Crippen molar-refractivity contribution in [3.05, 3.63) is 35.2 Å². The molecule has 0 saturated carbocycles. The normalized spacial score (nSPS) is 15.0. The number of hydrogen-bond acceptors (Lipinski definition) is 3. The summed E-state index contributed by atoms with van der Waals surface area (Å²) >= 11 is 1.67. The molecule has 0 fully saturated rings. The van der Waals surface area contributed by atoms with Crippen molar-refractivity contribution < 1.29 is 9.84 Å². The molecule has 2 rings (SSSR count). The molecular formula is C14H18O2S. The van der Waals surface area contributed by atoms with Crippen molar-refractivity contribution in [1.29, 1.82) is 0 Å². The molecule has 0 amide bonds. The second-order valence-electron chi connectivity index (χ2n) is 4.03. The van der Waals surface area contributed by atoms with Crippen LogP contribution in [0.3, 0.4) is 0 Å². The highest BCUT2D eigenvalue weighted by molar-refractivity contribution is 7.17. The molecule has 1 N–H and O–H groups in total. The first-order valence-corrected chi connectivity index (χ1v) is 6.91. The lowest BCUT2D eigenvalue weighted by atomic mass is 10.0. The number of hydrogen-bond donors (Lipinski definition) is 1. The van der Waals surface area contributed by atoms with Gasteiger partial charge in [0.05, 0.1) is 6.10 Å². The standard InChI is InChI=1S/C14H18O2S/c1-3-12(16-4-2)13(15)11-7-5-6-10-8-9-17-14(10)11/h5-9,12-13,15H,3-4H2,1-2H3. The van der Waals surface area contributed by atoms with Crippen LogP contribution in [0.4, 0.5) is 0 Å². The van der Waals surface area contributed by atoms with Crippen molar-refractivity contribution >= 4 is 21.4 Å². The summed E-state index contributed by atoms with van der Waals surface area (Å²) in [5, 5.41) is 13.7. The van der Waals surface area contributed by atoms with E-state index in [1.165, 1.54) is 5.39 Å². The van der Waals surface area contributed by atoms with E-state index in [4.69, 9.17) is 4.74 Å². The first kappa shape index (κ1) is 12.6. The van der Waals surface area contributed by atoms with Gasteiger partial charge < -0.3 is 9.84 Å². The molecule has 2 atom stereocenters. The van der Waals surface area contributed by atoms with E-state index in [0.29, 0.717) is 6.61 Å². The molecule has 92 valence electrons. The smallest absolute Gasteiger partial charge is 0.106 e. The SMILES string of the molecule is CCOC(CC)C(O)c1cccc2ccsc12. The fourth-order valence-electron chi connectivity index (χ4n) is 2.10. The van der Waals surface area contributed by atoms with Gasteiger partial charge in [-0.1, -0.05) is 25.1 Å². The summed E-state index contributed by atoms with van der Waals surface area (Å²) in [5.74, 6) is 0. The molecule has 0 bridgehead atoms. The number of aliphatic hydroxyl groups is 1. The van der Waals surface area contributed by atoms with Crippen molar-refractivity contribution in [2.45, 2.75) is 32.5 Å². The first-order chi connectivity index (χ1) is 8.27. The monoisotopic (exact) mass is 250 g/mol. The van der Waals surface area contributed by atoms with Gasteiger partial charge in [-0.05, 0) is 30.2 Å². The molecule has 0 spiro atoms. The van der Waals surface area contributed by atoms with E-state index >= 15 is 0 Å². The van der Waals surface area contributed by atoms with E-state index in [1.807, 2.05) is 26.0 Å². The zero-order valence-corrected chi connectivity index (χ0v) is 11.0. The molecule has 2 unspecified atom stereocenters. The van der Waals surface area contributed by atoms with E-state index < -0.39 is 6.10 Å². The van der Waals surface area contributed by atoms with E-state index in [0.717, 1.165) is 16.7 Å². The summed E-state index contributed by atoms with van der Waals surface area (Å²) in [5.41, 5.74) is 0.984. The molecule has 1 aromatic heterocycles. The van der Waals surface area contributed by atoms with Gasteiger partial charge in [0.25, 0.3) is 0 Å². The quantitative estimate of drug-likeness (QED) is 0.875. The Morgan fingerprint density at radius 3 is 2.82 bits per heavy atom. The molecule has 0 aliphatic carbocycles. The molecule has 0 radical (unpaired) electrons. The second kappa shape index (κ2) is 5.63. The highest BCUT2D eigenvalue weighted by Gasteiger charge is 2.21. The average molecular weight is 250 g/mol. The van der Waals surface area contributed by atoms with E-state index in [2.05, 4.69) is 17.5 Å². The van der Waals surface area contributed by atoms with Gasteiger partial charge in [-0.2, -0.15) is 0 Å². The molecule has 0 aliphatic rings. The Bertz CT molecular complexity index is 478. The molecule has 3 heteroatoms.